The van der Waals surface area contributed by atoms with Crippen molar-refractivity contribution in [3.05, 3.63) is 52.9 Å². The molecular formula is C16H13NO8S2. The molecule has 27 heavy (non-hydrogen) atoms. The van der Waals surface area contributed by atoms with Crippen molar-refractivity contribution in [1.29, 1.82) is 0 Å². The van der Waals surface area contributed by atoms with E-state index in [1.807, 2.05) is 0 Å². The maximum Gasteiger partial charge on any atom is 0.294 e. The Labute approximate surface area is 153 Å². The first-order valence-electron chi connectivity index (χ1n) is 7.32. The molecule has 11 heteroatoms. The molecule has 4 rings (SSSR count). The standard InChI is InChI=1S/C15H9NO5S.CH4O3S/c17-15-9-2-1-3-13-14(9)11(7-16-15)10-6-8(22(18,19)20)4-5-12(10)21-13;1-5(2,3)4/h1-7H,(H,16,17)(H,18,19,20);1H3,(H,2,3,4). The Balaban J connectivity index is 0.000000376. The first-order chi connectivity index (χ1) is 12.4. The number of ether oxygens (including phenoxy) is 1. The molecule has 9 nitrogen and oxygen atoms in total. The topological polar surface area (TPSA) is 151 Å². The first-order valence-corrected chi connectivity index (χ1v) is 10.6. The Morgan fingerprint density at radius 3 is 2.26 bits per heavy atom. The maximum atomic E-state index is 11.9. The summed E-state index contributed by atoms with van der Waals surface area (Å²) in [6, 6.07) is 9.20. The Bertz CT molecular complexity index is 1320. The van der Waals surface area contributed by atoms with Crippen LogP contribution in [0.25, 0.3) is 21.9 Å². The number of rotatable bonds is 1. The van der Waals surface area contributed by atoms with Gasteiger partial charge in [0.1, 0.15) is 11.5 Å². The average Bonchev–Trinajstić information content (AvgIpc) is 2.54. The number of nitrogens with one attached hydrogen (secondary N) is 1. The highest BCUT2D eigenvalue weighted by molar-refractivity contribution is 7.85. The third-order valence-corrected chi connectivity index (χ3v) is 4.50. The molecule has 2 aromatic carbocycles. The summed E-state index contributed by atoms with van der Waals surface area (Å²) in [5.41, 5.74) is 0.894. The van der Waals surface area contributed by atoms with Gasteiger partial charge in [-0.25, -0.2) is 0 Å². The zero-order chi connectivity index (χ0) is 20.0. The number of H-pyrrole nitrogens is 1. The van der Waals surface area contributed by atoms with Crippen molar-refractivity contribution in [3.63, 3.8) is 0 Å². The Hall–Kier alpha value is -2.73. The van der Waals surface area contributed by atoms with Gasteiger partial charge in [-0.3, -0.25) is 13.9 Å². The zero-order valence-electron chi connectivity index (χ0n) is 13.7. The summed E-state index contributed by atoms with van der Waals surface area (Å²) in [7, 11) is -7.98. The molecule has 0 amide bonds. The molecule has 1 aliphatic heterocycles. The molecule has 0 radical (unpaired) electrons. The third kappa shape index (κ3) is 4.01. The van der Waals surface area contributed by atoms with Crippen LogP contribution in [0.1, 0.15) is 0 Å². The maximum absolute atomic E-state index is 11.9. The molecule has 1 aromatic heterocycles. The summed E-state index contributed by atoms with van der Waals surface area (Å²) in [5, 5.41) is 1.07. The van der Waals surface area contributed by atoms with Crippen LogP contribution < -0.4 is 10.3 Å². The summed E-state index contributed by atoms with van der Waals surface area (Å²) in [5.74, 6) is 0.991. The van der Waals surface area contributed by atoms with E-state index in [2.05, 4.69) is 4.98 Å². The lowest BCUT2D eigenvalue weighted by Gasteiger charge is -2.21. The summed E-state index contributed by atoms with van der Waals surface area (Å²) in [4.78, 5) is 14.3. The lowest BCUT2D eigenvalue weighted by atomic mass is 9.97. The Kier molecular flexibility index (Phi) is 4.56. The number of benzene rings is 2. The van der Waals surface area contributed by atoms with Crippen LogP contribution in [0.4, 0.5) is 0 Å². The van der Waals surface area contributed by atoms with Gasteiger partial charge in [-0.05, 0) is 30.3 Å². The van der Waals surface area contributed by atoms with Crippen LogP contribution in [-0.4, -0.2) is 37.2 Å². The van der Waals surface area contributed by atoms with Gasteiger partial charge < -0.3 is 9.72 Å². The van der Waals surface area contributed by atoms with Crippen molar-refractivity contribution in [2.45, 2.75) is 4.90 Å². The predicted octanol–water partition coefficient (Wildman–Crippen LogP) is 2.05. The summed E-state index contributed by atoms with van der Waals surface area (Å²) < 4.78 is 63.4. The lowest BCUT2D eigenvalue weighted by Crippen LogP contribution is -2.09. The molecule has 1 aliphatic rings. The number of aromatic amines is 1. The van der Waals surface area contributed by atoms with E-state index in [-0.39, 0.29) is 10.5 Å². The number of hydrogen-bond donors (Lipinski definition) is 3. The highest BCUT2D eigenvalue weighted by atomic mass is 32.2. The molecule has 0 saturated heterocycles. The minimum Gasteiger partial charge on any atom is -0.456 e. The molecule has 3 aromatic rings. The lowest BCUT2D eigenvalue weighted by molar-refractivity contribution is 0.479. The van der Waals surface area contributed by atoms with Crippen molar-refractivity contribution < 1.29 is 30.7 Å². The Morgan fingerprint density at radius 2 is 1.63 bits per heavy atom. The monoisotopic (exact) mass is 411 g/mol. The second-order valence-corrected chi connectivity index (χ2v) is 8.57. The van der Waals surface area contributed by atoms with Gasteiger partial charge in [0.15, 0.2) is 0 Å². The zero-order valence-corrected chi connectivity index (χ0v) is 15.3. The van der Waals surface area contributed by atoms with Gasteiger partial charge in [-0.1, -0.05) is 6.07 Å². The minimum absolute atomic E-state index is 0.228. The van der Waals surface area contributed by atoms with Crippen LogP contribution in [0.2, 0.25) is 0 Å². The van der Waals surface area contributed by atoms with Crippen molar-refractivity contribution in [3.8, 4) is 22.6 Å². The quantitative estimate of drug-likeness (QED) is 0.403. The molecule has 0 atom stereocenters. The molecule has 0 saturated carbocycles. The largest absolute Gasteiger partial charge is 0.456 e. The van der Waals surface area contributed by atoms with Crippen molar-refractivity contribution in [2.75, 3.05) is 6.26 Å². The predicted molar refractivity (Wildman–Crippen MR) is 97.4 cm³/mol. The Morgan fingerprint density at radius 1 is 0.963 bits per heavy atom. The van der Waals surface area contributed by atoms with Crippen LogP contribution in [0.5, 0.6) is 11.5 Å². The van der Waals surface area contributed by atoms with Gasteiger partial charge >= 0.3 is 0 Å². The van der Waals surface area contributed by atoms with Crippen molar-refractivity contribution in [2.24, 2.45) is 0 Å². The minimum atomic E-state index is -4.32. The molecule has 0 bridgehead atoms. The SMILES string of the molecule is CS(=O)(=O)O.O=c1[nH]cc2c3c(cccc13)Oc1ccc(S(=O)(=O)O)cc1-2. The summed E-state index contributed by atoms with van der Waals surface area (Å²) in [6.07, 6.45) is 2.23. The van der Waals surface area contributed by atoms with Gasteiger partial charge in [0.05, 0.1) is 16.5 Å². The molecule has 0 unspecified atom stereocenters. The molecular weight excluding hydrogens is 398 g/mol. The van der Waals surface area contributed by atoms with E-state index in [4.69, 9.17) is 9.29 Å². The highest BCUT2D eigenvalue weighted by Crippen LogP contribution is 2.45. The molecule has 0 fully saturated rings. The van der Waals surface area contributed by atoms with Crippen LogP contribution in [0.3, 0.4) is 0 Å². The number of hydrogen-bond acceptors (Lipinski definition) is 6. The average molecular weight is 411 g/mol. The third-order valence-electron chi connectivity index (χ3n) is 3.65. The first kappa shape index (κ1) is 19.0. The smallest absolute Gasteiger partial charge is 0.294 e. The van der Waals surface area contributed by atoms with E-state index in [1.54, 1.807) is 18.2 Å². The van der Waals surface area contributed by atoms with E-state index in [0.29, 0.717) is 39.7 Å². The summed E-state index contributed by atoms with van der Waals surface area (Å²) >= 11 is 0. The van der Waals surface area contributed by atoms with Crippen LogP contribution >= 0.6 is 0 Å². The molecule has 0 aliphatic carbocycles. The molecule has 0 spiro atoms. The van der Waals surface area contributed by atoms with Crippen molar-refractivity contribution in [1.82, 2.24) is 4.98 Å². The fourth-order valence-electron chi connectivity index (χ4n) is 2.67. The second kappa shape index (κ2) is 6.46. The van der Waals surface area contributed by atoms with E-state index in [0.717, 1.165) is 0 Å². The number of pyridine rings is 1. The number of aromatic nitrogens is 1. The van der Waals surface area contributed by atoms with E-state index in [9.17, 15) is 26.2 Å². The van der Waals surface area contributed by atoms with E-state index >= 15 is 0 Å². The normalized spacial score (nSPS) is 12.6. The highest BCUT2D eigenvalue weighted by Gasteiger charge is 2.23. The second-order valence-electron chi connectivity index (χ2n) is 5.68. The van der Waals surface area contributed by atoms with Gasteiger partial charge in [0, 0.05) is 22.7 Å². The van der Waals surface area contributed by atoms with Crippen LogP contribution in [-0.2, 0) is 20.2 Å². The van der Waals surface area contributed by atoms with Gasteiger partial charge in [-0.15, -0.1) is 0 Å². The summed E-state index contributed by atoms with van der Waals surface area (Å²) in [6.45, 7) is 0. The fraction of sp³-hybridized carbons (Fsp3) is 0.0625. The van der Waals surface area contributed by atoms with E-state index in [1.165, 1.54) is 24.4 Å². The molecule has 3 N–H and O–H groups in total. The van der Waals surface area contributed by atoms with Crippen LogP contribution in [0, 0.1) is 0 Å². The van der Waals surface area contributed by atoms with E-state index < -0.39 is 20.2 Å². The van der Waals surface area contributed by atoms with Crippen molar-refractivity contribution >= 4 is 31.0 Å². The molecule has 2 heterocycles. The van der Waals surface area contributed by atoms with Gasteiger partial charge in [0.25, 0.3) is 25.8 Å². The fourth-order valence-corrected chi connectivity index (χ4v) is 3.18. The van der Waals surface area contributed by atoms with Crippen LogP contribution in [0.15, 0.2) is 52.3 Å². The molecule has 142 valence electrons. The van der Waals surface area contributed by atoms with Gasteiger partial charge in [0.2, 0.25) is 0 Å². The van der Waals surface area contributed by atoms with Gasteiger partial charge in [-0.2, -0.15) is 16.8 Å². The number of fused-ring (bicyclic) bond motifs is 2.